The Morgan fingerprint density at radius 3 is 2.36 bits per heavy atom. The second-order valence-corrected chi connectivity index (χ2v) is 20.7. The molecule has 8 rings (SSSR count). The van der Waals surface area contributed by atoms with E-state index in [0.29, 0.717) is 42.9 Å². The number of β-lactam (4-membered cyclic amide) rings is 1. The fraction of sp³-hybridized carbons (Fsp3) is 0.372. The minimum absolute atomic E-state index is 0.0315. The normalized spacial score (nSPS) is 24.3. The Hall–Kier alpha value is -5.37. The summed E-state index contributed by atoms with van der Waals surface area (Å²) in [6.07, 6.45) is 0.296. The van der Waals surface area contributed by atoms with Crippen LogP contribution in [-0.4, -0.2) is 73.1 Å². The third-order valence-electron chi connectivity index (χ3n) is 12.7. The van der Waals surface area contributed by atoms with Gasteiger partial charge in [-0.25, -0.2) is 0 Å². The summed E-state index contributed by atoms with van der Waals surface area (Å²) in [5, 5.41) is 23.8. The van der Waals surface area contributed by atoms with Gasteiger partial charge in [0.15, 0.2) is 5.60 Å². The highest BCUT2D eigenvalue weighted by Crippen LogP contribution is 2.60. The zero-order valence-electron chi connectivity index (χ0n) is 32.0. The number of hydrogen-bond acceptors (Lipinski definition) is 8. The Morgan fingerprint density at radius 2 is 1.73 bits per heavy atom. The summed E-state index contributed by atoms with van der Waals surface area (Å²) >= 11 is 0. The van der Waals surface area contributed by atoms with Gasteiger partial charge >= 0.3 is 0 Å². The molecule has 5 atom stereocenters. The van der Waals surface area contributed by atoms with E-state index < -0.39 is 36.7 Å². The van der Waals surface area contributed by atoms with E-state index in [1.807, 2.05) is 79.7 Å². The van der Waals surface area contributed by atoms with E-state index in [0.717, 1.165) is 27.6 Å². The van der Waals surface area contributed by atoms with Crippen molar-refractivity contribution < 1.29 is 33.9 Å². The average Bonchev–Trinajstić information content (AvgIpc) is 3.62. The van der Waals surface area contributed by atoms with Crippen LogP contribution in [0.15, 0.2) is 91.0 Å². The molecule has 4 aliphatic rings. The van der Waals surface area contributed by atoms with Crippen molar-refractivity contribution in [3.63, 3.8) is 0 Å². The van der Waals surface area contributed by atoms with E-state index in [9.17, 15) is 24.8 Å². The summed E-state index contributed by atoms with van der Waals surface area (Å²) < 4.78 is 12.6. The van der Waals surface area contributed by atoms with Crippen LogP contribution in [0.25, 0.3) is 0 Å². The molecule has 4 aromatic rings. The minimum atomic E-state index is -2.64. The SMILES string of the molecule is COc1ccc([Si](C)(C)[C@@H]2[C@@H](CC(=O)N3Cc4ccccc4C[C@H]3CO)O[C@]3(C(=O)N(Cc4ccc(N5CCC5=O)cc4)c4ccc([N+](=O)[O-])cc43)[C@H]2C)cc1. The predicted molar refractivity (Wildman–Crippen MR) is 213 cm³/mol. The number of anilines is 2. The van der Waals surface area contributed by atoms with Crippen molar-refractivity contribution in [1.29, 1.82) is 0 Å². The molecule has 2 fully saturated rings. The smallest absolute Gasteiger partial charge is 0.269 e. The molecule has 13 heteroatoms. The molecule has 3 amide bonds. The average molecular weight is 775 g/mol. The number of amides is 3. The fourth-order valence-electron chi connectivity index (χ4n) is 9.66. The molecule has 290 valence electrons. The predicted octanol–water partition coefficient (Wildman–Crippen LogP) is 5.44. The van der Waals surface area contributed by atoms with E-state index in [1.165, 1.54) is 12.1 Å². The van der Waals surface area contributed by atoms with Crippen LogP contribution in [0.3, 0.4) is 0 Å². The second-order valence-electron chi connectivity index (χ2n) is 16.0. The lowest BCUT2D eigenvalue weighted by atomic mass is 9.82. The summed E-state index contributed by atoms with van der Waals surface area (Å²) in [4.78, 5) is 58.8. The zero-order valence-corrected chi connectivity index (χ0v) is 33.0. The summed E-state index contributed by atoms with van der Waals surface area (Å²) in [5.74, 6) is -0.220. The quantitative estimate of drug-likeness (QED) is 0.0973. The van der Waals surface area contributed by atoms with Crippen molar-refractivity contribution >= 4 is 48.0 Å². The molecule has 0 unspecified atom stereocenters. The van der Waals surface area contributed by atoms with Crippen LogP contribution < -0.4 is 19.7 Å². The number of rotatable bonds is 10. The number of fused-ring (bicyclic) bond motifs is 3. The number of non-ortho nitro benzene ring substituents is 1. The Bertz CT molecular complexity index is 2210. The molecule has 12 nitrogen and oxygen atoms in total. The van der Waals surface area contributed by atoms with E-state index in [4.69, 9.17) is 9.47 Å². The first-order valence-corrected chi connectivity index (χ1v) is 22.2. The van der Waals surface area contributed by atoms with Gasteiger partial charge in [0.2, 0.25) is 11.8 Å². The lowest BCUT2D eigenvalue weighted by molar-refractivity contribution is -0.385. The first kappa shape index (κ1) is 37.5. The largest absolute Gasteiger partial charge is 0.497 e. The molecule has 0 aliphatic carbocycles. The van der Waals surface area contributed by atoms with Crippen molar-refractivity contribution in [3.8, 4) is 5.75 Å². The number of methoxy groups -OCH3 is 1. The number of aliphatic hydroxyl groups is 1. The van der Waals surface area contributed by atoms with Crippen molar-refractivity contribution in [3.05, 3.63) is 123 Å². The molecule has 2 saturated heterocycles. The molecule has 1 spiro atoms. The summed E-state index contributed by atoms with van der Waals surface area (Å²) in [6, 6.07) is 27.5. The molecule has 0 radical (unpaired) electrons. The number of aliphatic hydroxyl groups excluding tert-OH is 1. The molecule has 56 heavy (non-hydrogen) atoms. The number of carbonyl (C=O) groups excluding carboxylic acids is 3. The summed E-state index contributed by atoms with van der Waals surface area (Å²) in [7, 11) is -1.03. The summed E-state index contributed by atoms with van der Waals surface area (Å²) in [5.41, 5.74) is 2.64. The second kappa shape index (κ2) is 14.3. The number of ether oxygens (including phenoxy) is 2. The fourth-order valence-corrected chi connectivity index (χ4v) is 13.7. The van der Waals surface area contributed by atoms with Crippen LogP contribution in [0.4, 0.5) is 17.1 Å². The van der Waals surface area contributed by atoms with Gasteiger partial charge in [-0.3, -0.25) is 24.5 Å². The maximum atomic E-state index is 15.3. The first-order chi connectivity index (χ1) is 26.9. The third-order valence-corrected chi connectivity index (χ3v) is 17.1. The van der Waals surface area contributed by atoms with Crippen LogP contribution in [0.5, 0.6) is 5.75 Å². The number of carbonyl (C=O) groups is 3. The highest BCUT2D eigenvalue weighted by atomic mass is 28.3. The maximum absolute atomic E-state index is 15.3. The molecule has 0 aromatic heterocycles. The number of nitro benzene ring substituents is 1. The van der Waals surface area contributed by atoms with Crippen molar-refractivity contribution in [2.24, 2.45) is 5.92 Å². The Kier molecular flexibility index (Phi) is 9.58. The Balaban J connectivity index is 1.19. The highest BCUT2D eigenvalue weighted by molar-refractivity contribution is 6.91. The van der Waals surface area contributed by atoms with Gasteiger partial charge in [0, 0.05) is 48.8 Å². The number of benzene rings is 4. The van der Waals surface area contributed by atoms with Crippen LogP contribution in [-0.2, 0) is 44.2 Å². The van der Waals surface area contributed by atoms with Crippen LogP contribution in [0, 0.1) is 16.0 Å². The molecule has 4 aromatic carbocycles. The molecule has 0 bridgehead atoms. The van der Waals surface area contributed by atoms with Crippen LogP contribution >= 0.6 is 0 Å². The Labute approximate surface area is 326 Å². The lowest BCUT2D eigenvalue weighted by Crippen LogP contribution is -2.52. The van der Waals surface area contributed by atoms with Crippen molar-refractivity contribution in [2.45, 2.75) is 75.7 Å². The maximum Gasteiger partial charge on any atom is 0.269 e. The van der Waals surface area contributed by atoms with E-state index in [1.54, 1.807) is 27.9 Å². The lowest BCUT2D eigenvalue weighted by Gasteiger charge is -2.39. The Morgan fingerprint density at radius 1 is 1.02 bits per heavy atom. The van der Waals surface area contributed by atoms with Crippen LogP contribution in [0.1, 0.15) is 42.0 Å². The van der Waals surface area contributed by atoms with Crippen molar-refractivity contribution in [1.82, 2.24) is 4.90 Å². The van der Waals surface area contributed by atoms with Crippen LogP contribution in [0.2, 0.25) is 18.6 Å². The van der Waals surface area contributed by atoms with Gasteiger partial charge in [-0.2, -0.15) is 0 Å². The molecule has 1 N–H and O–H groups in total. The topological polar surface area (TPSA) is 143 Å². The minimum Gasteiger partial charge on any atom is -0.497 e. The van der Waals surface area contributed by atoms with Gasteiger partial charge < -0.3 is 29.3 Å². The van der Waals surface area contributed by atoms with Gasteiger partial charge in [-0.1, -0.05) is 73.7 Å². The van der Waals surface area contributed by atoms with Gasteiger partial charge in [-0.05, 0) is 59.0 Å². The van der Waals surface area contributed by atoms with E-state index in [-0.39, 0.29) is 48.5 Å². The van der Waals surface area contributed by atoms with Crippen molar-refractivity contribution in [2.75, 3.05) is 30.1 Å². The molecule has 4 aliphatic heterocycles. The number of nitro groups is 1. The first-order valence-electron chi connectivity index (χ1n) is 19.2. The standard InChI is InChI=1S/C43H46N4O8Si/c1-27-41(56(3,4)35-16-14-34(54-2)15-17-35)38(23-40(50)45-25-30-8-6-5-7-29(30)21-33(45)26-48)55-43(27)36-22-32(47(52)53)13-18-37(36)46(42(43)51)24-28-9-11-31(12-10-28)44-20-19-39(44)49/h5-18,22,27,33,38,41,48H,19-21,23-26H2,1-4H3/t27-,33-,38+,41-,43+/m0/s1. The van der Waals surface area contributed by atoms with Gasteiger partial charge in [-0.15, -0.1) is 0 Å². The molecule has 0 saturated carbocycles. The molecule has 4 heterocycles. The van der Waals surface area contributed by atoms with E-state index >= 15 is 4.79 Å². The number of nitrogens with zero attached hydrogens (tertiary/aromatic N) is 4. The summed E-state index contributed by atoms with van der Waals surface area (Å²) in [6.45, 7) is 7.43. The van der Waals surface area contributed by atoms with Gasteiger partial charge in [0.1, 0.15) is 5.75 Å². The molecular formula is C43H46N4O8Si. The monoisotopic (exact) mass is 774 g/mol. The molecular weight excluding hydrogens is 729 g/mol. The zero-order chi connectivity index (χ0) is 39.5. The van der Waals surface area contributed by atoms with Gasteiger partial charge in [0.05, 0.1) is 57.5 Å². The van der Waals surface area contributed by atoms with Gasteiger partial charge in [0.25, 0.3) is 11.6 Å². The third kappa shape index (κ3) is 6.09. The number of hydrogen-bond donors (Lipinski definition) is 1. The highest BCUT2D eigenvalue weighted by Gasteiger charge is 2.67. The van der Waals surface area contributed by atoms with E-state index in [2.05, 4.69) is 13.1 Å².